The number of benzene rings is 2. The molecule has 144 valence electrons. The first kappa shape index (κ1) is 19.5. The van der Waals surface area contributed by atoms with Crippen LogP contribution in [0.1, 0.15) is 26.3 Å². The van der Waals surface area contributed by atoms with Gasteiger partial charge in [0.15, 0.2) is 0 Å². The van der Waals surface area contributed by atoms with E-state index in [4.69, 9.17) is 15.5 Å². The average molecular weight is 431 g/mol. The van der Waals surface area contributed by atoms with E-state index in [9.17, 15) is 0 Å². The Labute approximate surface area is 169 Å². The first-order valence-corrected chi connectivity index (χ1v) is 9.95. The molecule has 1 aromatic heterocycles. The van der Waals surface area contributed by atoms with E-state index in [2.05, 4.69) is 66.7 Å². The lowest BCUT2D eigenvalue weighted by atomic mass is 9.97. The molecule has 0 aliphatic carbocycles. The fourth-order valence-corrected chi connectivity index (χ4v) is 4.33. The predicted octanol–water partition coefficient (Wildman–Crippen LogP) is 5.14. The standard InChI is InChI=1S/C21H27BrN4O/c1-7-26(12(2)3)16-9-8-15(19-20(16)25(5)21(23)24-19)18-13(4)10-14(22)11-17(18)27-6/h8-12H,7H2,1-6H3,(H2,23,24). The molecular formula is C21H27BrN4O. The number of ether oxygens (including phenoxy) is 1. The van der Waals surface area contributed by atoms with Crippen LogP contribution in [-0.4, -0.2) is 29.2 Å². The second-order valence-corrected chi connectivity index (χ2v) is 7.95. The highest BCUT2D eigenvalue weighted by molar-refractivity contribution is 9.10. The second kappa shape index (κ2) is 7.43. The van der Waals surface area contributed by atoms with Crippen LogP contribution in [0.3, 0.4) is 0 Å². The Morgan fingerprint density at radius 2 is 2.00 bits per heavy atom. The van der Waals surface area contributed by atoms with E-state index >= 15 is 0 Å². The highest BCUT2D eigenvalue weighted by atomic mass is 79.9. The summed E-state index contributed by atoms with van der Waals surface area (Å²) >= 11 is 3.56. The van der Waals surface area contributed by atoms with Crippen LogP contribution in [0.5, 0.6) is 5.75 Å². The van der Waals surface area contributed by atoms with Gasteiger partial charge < -0.3 is 19.9 Å². The number of methoxy groups -OCH3 is 1. The van der Waals surface area contributed by atoms with Gasteiger partial charge >= 0.3 is 0 Å². The van der Waals surface area contributed by atoms with Gasteiger partial charge in [-0.1, -0.05) is 15.9 Å². The topological polar surface area (TPSA) is 56.3 Å². The van der Waals surface area contributed by atoms with Crippen molar-refractivity contribution in [3.8, 4) is 16.9 Å². The van der Waals surface area contributed by atoms with Crippen molar-refractivity contribution < 1.29 is 4.74 Å². The summed E-state index contributed by atoms with van der Waals surface area (Å²) in [5.74, 6) is 1.32. The monoisotopic (exact) mass is 430 g/mol. The van der Waals surface area contributed by atoms with Gasteiger partial charge in [-0.3, -0.25) is 0 Å². The summed E-state index contributed by atoms with van der Waals surface area (Å²) in [4.78, 5) is 7.07. The summed E-state index contributed by atoms with van der Waals surface area (Å²) in [6, 6.07) is 8.76. The van der Waals surface area contributed by atoms with Crippen molar-refractivity contribution >= 4 is 38.6 Å². The van der Waals surface area contributed by atoms with E-state index in [1.54, 1.807) is 7.11 Å². The largest absolute Gasteiger partial charge is 0.496 e. The average Bonchev–Trinajstić information content (AvgIpc) is 2.91. The van der Waals surface area contributed by atoms with Gasteiger partial charge in [0.1, 0.15) is 11.3 Å². The molecule has 0 atom stereocenters. The van der Waals surface area contributed by atoms with Gasteiger partial charge in [0.05, 0.1) is 18.3 Å². The van der Waals surface area contributed by atoms with E-state index in [-0.39, 0.29) is 0 Å². The number of aryl methyl sites for hydroxylation is 2. The SMILES string of the molecule is CCN(c1ccc(-c2c(C)cc(Br)cc2OC)c2nc(N)n(C)c12)C(C)C. The molecule has 2 N–H and O–H groups in total. The van der Waals surface area contributed by atoms with Crippen molar-refractivity contribution in [2.45, 2.75) is 33.7 Å². The van der Waals surface area contributed by atoms with Crippen LogP contribution < -0.4 is 15.4 Å². The Kier molecular flexibility index (Phi) is 5.38. The third-order valence-corrected chi connectivity index (χ3v) is 5.52. The molecule has 5 nitrogen and oxygen atoms in total. The minimum Gasteiger partial charge on any atom is -0.496 e. The lowest BCUT2D eigenvalue weighted by molar-refractivity contribution is 0.416. The van der Waals surface area contributed by atoms with Crippen molar-refractivity contribution in [2.24, 2.45) is 7.05 Å². The van der Waals surface area contributed by atoms with Crippen LogP contribution in [0.4, 0.5) is 11.6 Å². The smallest absolute Gasteiger partial charge is 0.201 e. The Morgan fingerprint density at radius 3 is 2.59 bits per heavy atom. The number of rotatable bonds is 5. The first-order valence-electron chi connectivity index (χ1n) is 9.16. The number of halogens is 1. The van der Waals surface area contributed by atoms with Gasteiger partial charge in [0.25, 0.3) is 0 Å². The summed E-state index contributed by atoms with van der Waals surface area (Å²) < 4.78 is 8.64. The maximum atomic E-state index is 6.21. The quantitative estimate of drug-likeness (QED) is 0.608. The number of imidazole rings is 1. The van der Waals surface area contributed by atoms with Crippen LogP contribution in [0.25, 0.3) is 22.2 Å². The molecule has 0 aliphatic heterocycles. The van der Waals surface area contributed by atoms with Crippen molar-refractivity contribution in [3.63, 3.8) is 0 Å². The van der Waals surface area contributed by atoms with E-state index in [0.29, 0.717) is 12.0 Å². The number of nitrogens with zero attached hydrogens (tertiary/aromatic N) is 3. The number of anilines is 2. The molecule has 0 amide bonds. The fraction of sp³-hybridized carbons (Fsp3) is 0.381. The van der Waals surface area contributed by atoms with Crippen LogP contribution in [0, 0.1) is 6.92 Å². The van der Waals surface area contributed by atoms with Gasteiger partial charge in [0.2, 0.25) is 5.95 Å². The van der Waals surface area contributed by atoms with Crippen LogP contribution >= 0.6 is 15.9 Å². The highest BCUT2D eigenvalue weighted by Crippen LogP contribution is 2.42. The molecule has 0 aliphatic rings. The molecule has 3 aromatic rings. The first-order chi connectivity index (χ1) is 12.8. The van der Waals surface area contributed by atoms with Gasteiger partial charge in [0, 0.05) is 35.2 Å². The third-order valence-electron chi connectivity index (χ3n) is 5.06. The van der Waals surface area contributed by atoms with Crippen LogP contribution in [0.15, 0.2) is 28.7 Å². The summed E-state index contributed by atoms with van der Waals surface area (Å²) in [7, 11) is 3.67. The molecule has 0 saturated heterocycles. The molecule has 1 heterocycles. The summed E-state index contributed by atoms with van der Waals surface area (Å²) in [5.41, 5.74) is 12.5. The van der Waals surface area contributed by atoms with Crippen molar-refractivity contribution in [3.05, 3.63) is 34.3 Å². The zero-order valence-corrected chi connectivity index (χ0v) is 18.4. The lowest BCUT2D eigenvalue weighted by Gasteiger charge is -2.29. The number of hydrogen-bond donors (Lipinski definition) is 1. The molecule has 0 spiro atoms. The molecule has 0 saturated carbocycles. The predicted molar refractivity (Wildman–Crippen MR) is 118 cm³/mol. The van der Waals surface area contributed by atoms with Crippen molar-refractivity contribution in [1.82, 2.24) is 9.55 Å². The van der Waals surface area contributed by atoms with Crippen molar-refractivity contribution in [2.75, 3.05) is 24.3 Å². The molecule has 3 rings (SSSR count). The summed E-state index contributed by atoms with van der Waals surface area (Å²) in [6.07, 6.45) is 0. The zero-order chi connectivity index (χ0) is 19.9. The van der Waals surface area contributed by atoms with Crippen molar-refractivity contribution in [1.29, 1.82) is 0 Å². The Balaban J connectivity index is 2.38. The summed E-state index contributed by atoms with van der Waals surface area (Å²) in [5, 5.41) is 0. The molecule has 2 aromatic carbocycles. The van der Waals surface area contributed by atoms with Gasteiger partial charge in [-0.15, -0.1) is 0 Å². The highest BCUT2D eigenvalue weighted by Gasteiger charge is 2.22. The molecule has 27 heavy (non-hydrogen) atoms. The third kappa shape index (κ3) is 3.27. The van der Waals surface area contributed by atoms with E-state index in [1.807, 2.05) is 17.7 Å². The molecule has 0 radical (unpaired) electrons. The van der Waals surface area contributed by atoms with Gasteiger partial charge in [-0.25, -0.2) is 4.98 Å². The maximum absolute atomic E-state index is 6.21. The molecular weight excluding hydrogens is 404 g/mol. The minimum absolute atomic E-state index is 0.379. The summed E-state index contributed by atoms with van der Waals surface area (Å²) in [6.45, 7) is 9.57. The van der Waals surface area contributed by atoms with Gasteiger partial charge in [-0.05, 0) is 57.5 Å². The fourth-order valence-electron chi connectivity index (χ4n) is 3.78. The minimum atomic E-state index is 0.379. The number of nitrogens with two attached hydrogens (primary N) is 1. The maximum Gasteiger partial charge on any atom is 0.201 e. The van der Waals surface area contributed by atoms with Gasteiger partial charge in [-0.2, -0.15) is 0 Å². The number of hydrogen-bond acceptors (Lipinski definition) is 4. The van der Waals surface area contributed by atoms with E-state index < -0.39 is 0 Å². The number of fused-ring (bicyclic) bond motifs is 1. The number of nitrogen functional groups attached to an aromatic ring is 1. The molecule has 6 heteroatoms. The zero-order valence-electron chi connectivity index (χ0n) is 16.8. The van der Waals surface area contributed by atoms with E-state index in [1.165, 1.54) is 0 Å². The van der Waals surface area contributed by atoms with E-state index in [0.717, 1.165) is 50.2 Å². The Hall–Kier alpha value is -2.21. The second-order valence-electron chi connectivity index (χ2n) is 7.04. The van der Waals surface area contributed by atoms with Crippen LogP contribution in [-0.2, 0) is 7.05 Å². The number of aromatic nitrogens is 2. The molecule has 0 bridgehead atoms. The Bertz CT molecular complexity index is 994. The molecule has 0 fully saturated rings. The van der Waals surface area contributed by atoms with Crippen LogP contribution in [0.2, 0.25) is 0 Å². The normalized spacial score (nSPS) is 11.4. The Morgan fingerprint density at radius 1 is 1.30 bits per heavy atom. The lowest BCUT2D eigenvalue weighted by Crippen LogP contribution is -2.30. The molecule has 0 unspecified atom stereocenters.